The first-order valence-electron chi connectivity index (χ1n) is 11.3. The Morgan fingerprint density at radius 3 is 2.44 bits per heavy atom. The zero-order chi connectivity index (χ0) is 22.1. The van der Waals surface area contributed by atoms with Gasteiger partial charge >= 0.3 is 0 Å². The molecule has 0 aliphatic carbocycles. The van der Waals surface area contributed by atoms with Gasteiger partial charge in [0, 0.05) is 51.7 Å². The van der Waals surface area contributed by atoms with Gasteiger partial charge in [0.2, 0.25) is 5.91 Å². The van der Waals surface area contributed by atoms with E-state index in [1.54, 1.807) is 10.9 Å². The van der Waals surface area contributed by atoms with E-state index < -0.39 is 5.54 Å². The number of piperazine rings is 1. The fraction of sp³-hybridized carbons (Fsp3) is 0.400. The van der Waals surface area contributed by atoms with Gasteiger partial charge in [-0.15, -0.1) is 0 Å². The molecule has 2 saturated heterocycles. The van der Waals surface area contributed by atoms with E-state index in [9.17, 15) is 4.79 Å². The number of pyridine rings is 1. The van der Waals surface area contributed by atoms with Gasteiger partial charge in [0.25, 0.3) is 0 Å². The number of rotatable bonds is 4. The number of amides is 1. The quantitative estimate of drug-likeness (QED) is 0.637. The summed E-state index contributed by atoms with van der Waals surface area (Å²) >= 11 is 0. The molecule has 2 fully saturated rings. The lowest BCUT2D eigenvalue weighted by molar-refractivity contribution is -0.136. The van der Waals surface area contributed by atoms with Gasteiger partial charge in [-0.2, -0.15) is 5.10 Å². The van der Waals surface area contributed by atoms with Crippen LogP contribution in [0.5, 0.6) is 0 Å². The Kier molecular flexibility index (Phi) is 5.43. The molecule has 32 heavy (non-hydrogen) atoms. The molecule has 0 bridgehead atoms. The van der Waals surface area contributed by atoms with Crippen LogP contribution >= 0.6 is 0 Å². The van der Waals surface area contributed by atoms with E-state index in [-0.39, 0.29) is 5.91 Å². The number of aryl methyl sites for hydroxylation is 2. The minimum absolute atomic E-state index is 0.199. The minimum Gasteiger partial charge on any atom is -0.356 e. The summed E-state index contributed by atoms with van der Waals surface area (Å²) in [4.78, 5) is 25.4. The lowest BCUT2D eigenvalue weighted by Crippen LogP contribution is -2.68. The predicted molar refractivity (Wildman–Crippen MR) is 126 cm³/mol. The first kappa shape index (κ1) is 20.7. The van der Waals surface area contributed by atoms with E-state index in [2.05, 4.69) is 51.3 Å². The van der Waals surface area contributed by atoms with E-state index in [0.717, 1.165) is 56.2 Å². The second-order valence-electron chi connectivity index (χ2n) is 8.89. The van der Waals surface area contributed by atoms with Crippen LogP contribution < -0.4 is 9.80 Å². The number of hydrogen-bond donors (Lipinski definition) is 0. The van der Waals surface area contributed by atoms with Crippen LogP contribution in [-0.4, -0.2) is 57.3 Å². The Labute approximate surface area is 189 Å². The molecule has 3 aromatic rings. The molecule has 2 aliphatic rings. The number of carbonyl (C=O) groups is 1. The summed E-state index contributed by atoms with van der Waals surface area (Å²) in [5.41, 5.74) is 2.64. The summed E-state index contributed by atoms with van der Waals surface area (Å²) in [5, 5.41) is 4.30. The third-order valence-corrected chi connectivity index (χ3v) is 6.85. The van der Waals surface area contributed by atoms with Crippen LogP contribution in [-0.2, 0) is 18.4 Å². The minimum atomic E-state index is -0.510. The predicted octanol–water partition coefficient (Wildman–Crippen LogP) is 3.01. The highest BCUT2D eigenvalue weighted by atomic mass is 16.2. The Balaban J connectivity index is 1.43. The van der Waals surface area contributed by atoms with E-state index in [4.69, 9.17) is 4.98 Å². The van der Waals surface area contributed by atoms with Crippen molar-refractivity contribution in [3.8, 4) is 0 Å². The number of carbonyl (C=O) groups excluding carboxylic acids is 1. The molecule has 1 aromatic carbocycles. The van der Waals surface area contributed by atoms with Crippen LogP contribution in [0.25, 0.3) is 0 Å². The SMILES string of the molecule is Cc1cccc(N2CCC3(CC2)C(=O)N(c2cnn(C)c2)CCN3Cc2ccccc2)n1. The Morgan fingerprint density at radius 1 is 0.969 bits per heavy atom. The van der Waals surface area contributed by atoms with Crippen LogP contribution in [0.2, 0.25) is 0 Å². The number of hydrogen-bond acceptors (Lipinski definition) is 5. The number of anilines is 2. The van der Waals surface area contributed by atoms with E-state index in [1.807, 2.05) is 37.2 Å². The molecule has 0 N–H and O–H groups in total. The maximum atomic E-state index is 14.0. The zero-order valence-electron chi connectivity index (χ0n) is 18.8. The van der Waals surface area contributed by atoms with Crippen molar-refractivity contribution in [3.63, 3.8) is 0 Å². The molecule has 0 radical (unpaired) electrons. The van der Waals surface area contributed by atoms with E-state index in [1.165, 1.54) is 5.56 Å². The second-order valence-corrected chi connectivity index (χ2v) is 8.89. The molecule has 0 atom stereocenters. The van der Waals surface area contributed by atoms with Crippen molar-refractivity contribution in [1.29, 1.82) is 0 Å². The van der Waals surface area contributed by atoms with Crippen molar-refractivity contribution in [2.24, 2.45) is 7.05 Å². The van der Waals surface area contributed by atoms with E-state index in [0.29, 0.717) is 6.54 Å². The Bertz CT molecular complexity index is 1090. The molecule has 1 amide bonds. The maximum Gasteiger partial charge on any atom is 0.247 e. The van der Waals surface area contributed by atoms with Gasteiger partial charge in [-0.25, -0.2) is 4.98 Å². The summed E-state index contributed by atoms with van der Waals surface area (Å²) in [7, 11) is 1.89. The molecule has 2 aliphatic heterocycles. The number of nitrogens with zero attached hydrogens (tertiary/aromatic N) is 6. The van der Waals surface area contributed by atoms with Crippen LogP contribution in [0.1, 0.15) is 24.1 Å². The normalized spacial score (nSPS) is 19.0. The van der Waals surface area contributed by atoms with Crippen LogP contribution in [0, 0.1) is 6.92 Å². The first-order valence-corrected chi connectivity index (χ1v) is 11.3. The molecule has 0 saturated carbocycles. The molecule has 7 heteroatoms. The molecular weight excluding hydrogens is 400 g/mol. The number of aromatic nitrogens is 3. The summed E-state index contributed by atoms with van der Waals surface area (Å²) in [6, 6.07) is 16.6. The van der Waals surface area contributed by atoms with E-state index >= 15 is 0 Å². The monoisotopic (exact) mass is 430 g/mol. The van der Waals surface area contributed by atoms with Crippen LogP contribution in [0.4, 0.5) is 11.5 Å². The summed E-state index contributed by atoms with van der Waals surface area (Å²) in [6.45, 7) is 5.96. The molecule has 4 heterocycles. The first-order chi connectivity index (χ1) is 15.5. The van der Waals surface area contributed by atoms with Crippen molar-refractivity contribution < 1.29 is 4.79 Å². The third kappa shape index (κ3) is 3.77. The second kappa shape index (κ2) is 8.39. The molecule has 166 valence electrons. The molecule has 2 aromatic heterocycles. The van der Waals surface area contributed by atoms with Gasteiger partial charge < -0.3 is 9.80 Å². The van der Waals surface area contributed by atoms with Gasteiger partial charge in [0.1, 0.15) is 11.4 Å². The highest BCUT2D eigenvalue weighted by Gasteiger charge is 2.51. The molecule has 0 unspecified atom stereocenters. The van der Waals surface area contributed by atoms with Gasteiger partial charge in [0.05, 0.1) is 11.9 Å². The standard InChI is InChI=1S/C25H30N6O/c1-20-7-6-10-23(27-20)29-13-11-25(12-14-29)24(32)31(22-17-26-28(2)19-22)16-15-30(25)18-21-8-4-3-5-9-21/h3-10,17,19H,11-16,18H2,1-2H3. The van der Waals surface area contributed by atoms with Crippen molar-refractivity contribution in [2.75, 3.05) is 36.0 Å². The van der Waals surface area contributed by atoms with Gasteiger partial charge in [0.15, 0.2) is 0 Å². The van der Waals surface area contributed by atoms with Gasteiger partial charge in [-0.1, -0.05) is 36.4 Å². The Hall–Kier alpha value is -3.19. The molecule has 7 nitrogen and oxygen atoms in total. The average Bonchev–Trinajstić information content (AvgIpc) is 3.24. The fourth-order valence-electron chi connectivity index (χ4n) is 5.09. The molecule has 1 spiro atoms. The average molecular weight is 431 g/mol. The summed E-state index contributed by atoms with van der Waals surface area (Å²) in [5.74, 6) is 1.20. The fourth-order valence-corrected chi connectivity index (χ4v) is 5.09. The highest BCUT2D eigenvalue weighted by Crippen LogP contribution is 2.37. The van der Waals surface area contributed by atoms with Crippen LogP contribution in [0.3, 0.4) is 0 Å². The van der Waals surface area contributed by atoms with Crippen molar-refractivity contribution >= 4 is 17.4 Å². The third-order valence-electron chi connectivity index (χ3n) is 6.85. The highest BCUT2D eigenvalue weighted by molar-refractivity contribution is 6.01. The van der Waals surface area contributed by atoms with Gasteiger partial charge in [-0.05, 0) is 37.5 Å². The van der Waals surface area contributed by atoms with Crippen molar-refractivity contribution in [3.05, 3.63) is 72.2 Å². The molecule has 5 rings (SSSR count). The summed E-state index contributed by atoms with van der Waals surface area (Å²) in [6.07, 6.45) is 5.30. The lowest BCUT2D eigenvalue weighted by atomic mass is 9.81. The topological polar surface area (TPSA) is 57.5 Å². The summed E-state index contributed by atoms with van der Waals surface area (Å²) < 4.78 is 1.76. The van der Waals surface area contributed by atoms with Gasteiger partial charge in [-0.3, -0.25) is 14.4 Å². The molecular formula is C25H30N6O. The van der Waals surface area contributed by atoms with Crippen LogP contribution in [0.15, 0.2) is 60.9 Å². The lowest BCUT2D eigenvalue weighted by Gasteiger charge is -2.52. The number of piperidine rings is 1. The van der Waals surface area contributed by atoms with Crippen molar-refractivity contribution in [1.82, 2.24) is 19.7 Å². The van der Waals surface area contributed by atoms with Crippen molar-refractivity contribution in [2.45, 2.75) is 31.8 Å². The number of benzene rings is 1. The zero-order valence-corrected chi connectivity index (χ0v) is 18.8. The largest absolute Gasteiger partial charge is 0.356 e. The Morgan fingerprint density at radius 2 is 1.75 bits per heavy atom. The maximum absolute atomic E-state index is 14.0. The smallest absolute Gasteiger partial charge is 0.247 e.